The van der Waals surface area contributed by atoms with Gasteiger partial charge in [0.2, 0.25) is 0 Å². The van der Waals surface area contributed by atoms with Crippen LogP contribution in [0.5, 0.6) is 0 Å². The fraction of sp³-hybridized carbons (Fsp3) is 0.562. The van der Waals surface area contributed by atoms with Gasteiger partial charge in [0.25, 0.3) is 0 Å². The molecule has 1 aromatic rings. The van der Waals surface area contributed by atoms with E-state index >= 15 is 0 Å². The summed E-state index contributed by atoms with van der Waals surface area (Å²) >= 11 is 11.5. The SMILES string of the molecule is CCC(CC)N(CC(C)C)c1cccc(Cl)c1C(N)=S. The van der Waals surface area contributed by atoms with E-state index in [1.54, 1.807) is 0 Å². The Bertz CT molecular complexity index is 456. The number of hydrogen-bond acceptors (Lipinski definition) is 2. The summed E-state index contributed by atoms with van der Waals surface area (Å²) in [5.74, 6) is 0.564. The van der Waals surface area contributed by atoms with E-state index in [1.165, 1.54) is 0 Å². The molecule has 0 aliphatic carbocycles. The third-order valence-corrected chi connectivity index (χ3v) is 4.01. The molecule has 0 unspecified atom stereocenters. The van der Waals surface area contributed by atoms with Crippen molar-refractivity contribution in [1.29, 1.82) is 0 Å². The lowest BCUT2D eigenvalue weighted by atomic mass is 10.0. The van der Waals surface area contributed by atoms with Gasteiger partial charge in [-0.25, -0.2) is 0 Å². The normalized spacial score (nSPS) is 11.2. The lowest BCUT2D eigenvalue weighted by Crippen LogP contribution is -2.38. The van der Waals surface area contributed by atoms with Gasteiger partial charge in [0.15, 0.2) is 0 Å². The molecule has 0 bridgehead atoms. The Morgan fingerprint density at radius 2 is 1.90 bits per heavy atom. The number of hydrogen-bond donors (Lipinski definition) is 1. The number of nitrogens with two attached hydrogens (primary N) is 1. The topological polar surface area (TPSA) is 29.3 Å². The van der Waals surface area contributed by atoms with Crippen molar-refractivity contribution in [3.8, 4) is 0 Å². The summed E-state index contributed by atoms with van der Waals surface area (Å²) in [6, 6.07) is 6.36. The average Bonchev–Trinajstić information content (AvgIpc) is 2.37. The summed E-state index contributed by atoms with van der Waals surface area (Å²) in [6.45, 7) is 9.85. The molecular weight excluding hydrogens is 288 g/mol. The minimum absolute atomic E-state index is 0.366. The molecule has 4 heteroatoms. The molecule has 0 saturated carbocycles. The molecule has 0 heterocycles. The second kappa shape index (κ2) is 7.84. The summed E-state index contributed by atoms with van der Waals surface area (Å²) < 4.78 is 0. The van der Waals surface area contributed by atoms with E-state index in [1.807, 2.05) is 12.1 Å². The van der Waals surface area contributed by atoms with Crippen LogP contribution in [0.4, 0.5) is 5.69 Å². The number of nitrogens with zero attached hydrogens (tertiary/aromatic N) is 1. The quantitative estimate of drug-likeness (QED) is 0.745. The van der Waals surface area contributed by atoms with Crippen LogP contribution in [-0.2, 0) is 0 Å². The van der Waals surface area contributed by atoms with Crippen molar-refractivity contribution in [2.75, 3.05) is 11.4 Å². The van der Waals surface area contributed by atoms with Gasteiger partial charge in [-0.05, 0) is 30.9 Å². The molecule has 0 aliphatic rings. The molecule has 0 atom stereocenters. The highest BCUT2D eigenvalue weighted by molar-refractivity contribution is 7.80. The molecule has 2 N–H and O–H groups in total. The van der Waals surface area contributed by atoms with Crippen LogP contribution in [0, 0.1) is 5.92 Å². The Hall–Kier alpha value is -0.800. The molecule has 0 aliphatic heterocycles. The van der Waals surface area contributed by atoms with Crippen molar-refractivity contribution in [3.05, 3.63) is 28.8 Å². The molecule has 1 rings (SSSR count). The molecule has 1 aromatic carbocycles. The molecule has 20 heavy (non-hydrogen) atoms. The molecule has 0 radical (unpaired) electrons. The van der Waals surface area contributed by atoms with Gasteiger partial charge < -0.3 is 10.6 Å². The largest absolute Gasteiger partial charge is 0.389 e. The Balaban J connectivity index is 3.33. The van der Waals surface area contributed by atoms with E-state index in [-0.39, 0.29) is 0 Å². The second-order valence-corrected chi connectivity index (χ2v) is 6.36. The summed E-state index contributed by atoms with van der Waals surface area (Å²) in [7, 11) is 0. The van der Waals surface area contributed by atoms with Crippen LogP contribution in [0.3, 0.4) is 0 Å². The fourth-order valence-corrected chi connectivity index (χ4v) is 3.10. The van der Waals surface area contributed by atoms with Crippen molar-refractivity contribution in [2.45, 2.75) is 46.6 Å². The van der Waals surface area contributed by atoms with Gasteiger partial charge in [-0.2, -0.15) is 0 Å². The zero-order valence-electron chi connectivity index (χ0n) is 12.8. The third kappa shape index (κ3) is 4.10. The van der Waals surface area contributed by atoms with E-state index < -0.39 is 0 Å². The first kappa shape index (κ1) is 17.3. The maximum absolute atomic E-state index is 6.30. The third-order valence-electron chi connectivity index (χ3n) is 3.49. The molecular formula is C16H25ClN2S. The maximum atomic E-state index is 6.30. The fourth-order valence-electron chi connectivity index (χ4n) is 2.56. The minimum Gasteiger partial charge on any atom is -0.389 e. The maximum Gasteiger partial charge on any atom is 0.107 e. The number of halogens is 1. The Labute approximate surface area is 133 Å². The Kier molecular flexibility index (Phi) is 6.77. The highest BCUT2D eigenvalue weighted by Crippen LogP contribution is 2.30. The van der Waals surface area contributed by atoms with E-state index in [9.17, 15) is 0 Å². The smallest absolute Gasteiger partial charge is 0.107 e. The zero-order valence-corrected chi connectivity index (χ0v) is 14.4. The van der Waals surface area contributed by atoms with E-state index in [4.69, 9.17) is 29.6 Å². The van der Waals surface area contributed by atoms with Gasteiger partial charge in [-0.15, -0.1) is 0 Å². The van der Waals surface area contributed by atoms with Crippen molar-refractivity contribution < 1.29 is 0 Å². The predicted molar refractivity (Wildman–Crippen MR) is 93.9 cm³/mol. The van der Waals surface area contributed by atoms with Crippen molar-refractivity contribution in [2.24, 2.45) is 11.7 Å². The summed E-state index contributed by atoms with van der Waals surface area (Å²) in [4.78, 5) is 2.77. The Morgan fingerprint density at radius 3 is 2.35 bits per heavy atom. The zero-order chi connectivity index (χ0) is 15.3. The van der Waals surface area contributed by atoms with E-state index in [2.05, 4.69) is 38.7 Å². The van der Waals surface area contributed by atoms with Crippen LogP contribution in [0.25, 0.3) is 0 Å². The van der Waals surface area contributed by atoms with Crippen LogP contribution < -0.4 is 10.6 Å². The molecule has 0 saturated heterocycles. The standard InChI is InChI=1S/C16H25ClN2S/c1-5-12(6-2)19(10-11(3)4)14-9-7-8-13(17)15(14)16(18)20/h7-9,11-12H,5-6,10H2,1-4H3,(H2,18,20). The summed E-state index contributed by atoms with van der Waals surface area (Å²) in [5.41, 5.74) is 7.75. The molecule has 112 valence electrons. The van der Waals surface area contributed by atoms with E-state index in [0.717, 1.165) is 30.6 Å². The lowest BCUT2D eigenvalue weighted by Gasteiger charge is -2.35. The average molecular weight is 313 g/mol. The monoisotopic (exact) mass is 312 g/mol. The molecule has 0 amide bonds. The van der Waals surface area contributed by atoms with Crippen LogP contribution in [0.15, 0.2) is 18.2 Å². The number of benzene rings is 1. The first-order valence-corrected chi connectivity index (χ1v) is 8.05. The number of anilines is 1. The van der Waals surface area contributed by atoms with Gasteiger partial charge >= 0.3 is 0 Å². The summed E-state index contributed by atoms with van der Waals surface area (Å²) in [5, 5.41) is 0.634. The number of thiocarbonyl (C=S) groups is 1. The van der Waals surface area contributed by atoms with Gasteiger partial charge in [-0.3, -0.25) is 0 Å². The molecule has 2 nitrogen and oxygen atoms in total. The first-order chi connectivity index (χ1) is 9.42. The van der Waals surface area contributed by atoms with Gasteiger partial charge in [0.05, 0.1) is 10.6 Å². The van der Waals surface area contributed by atoms with Crippen molar-refractivity contribution in [3.63, 3.8) is 0 Å². The van der Waals surface area contributed by atoms with Crippen molar-refractivity contribution >= 4 is 34.5 Å². The van der Waals surface area contributed by atoms with E-state index in [0.29, 0.717) is 22.0 Å². The number of rotatable bonds is 7. The first-order valence-electron chi connectivity index (χ1n) is 7.27. The van der Waals surface area contributed by atoms with Crippen LogP contribution in [0.2, 0.25) is 5.02 Å². The van der Waals surface area contributed by atoms with Gasteiger partial charge in [0, 0.05) is 18.3 Å². The predicted octanol–water partition coefficient (Wildman–Crippen LogP) is 4.63. The van der Waals surface area contributed by atoms with Gasteiger partial charge in [0.1, 0.15) is 4.99 Å². The highest BCUT2D eigenvalue weighted by Gasteiger charge is 2.21. The highest BCUT2D eigenvalue weighted by atomic mass is 35.5. The van der Waals surface area contributed by atoms with Crippen LogP contribution in [0.1, 0.15) is 46.1 Å². The van der Waals surface area contributed by atoms with Gasteiger partial charge in [-0.1, -0.05) is 57.6 Å². The minimum atomic E-state index is 0.366. The molecule has 0 spiro atoms. The Morgan fingerprint density at radius 1 is 1.30 bits per heavy atom. The van der Waals surface area contributed by atoms with Crippen molar-refractivity contribution in [1.82, 2.24) is 0 Å². The second-order valence-electron chi connectivity index (χ2n) is 5.51. The van der Waals surface area contributed by atoms with Crippen LogP contribution in [-0.4, -0.2) is 17.6 Å². The van der Waals surface area contributed by atoms with Crippen LogP contribution >= 0.6 is 23.8 Å². The lowest BCUT2D eigenvalue weighted by molar-refractivity contribution is 0.507. The molecule has 0 aromatic heterocycles. The summed E-state index contributed by atoms with van der Waals surface area (Å²) in [6.07, 6.45) is 2.18. The molecule has 0 fully saturated rings.